The molecule has 0 bridgehead atoms. The highest BCUT2D eigenvalue weighted by Gasteiger charge is 2.34. The van der Waals surface area contributed by atoms with E-state index in [2.05, 4.69) is 10.4 Å². The van der Waals surface area contributed by atoms with E-state index >= 15 is 0 Å². The van der Waals surface area contributed by atoms with E-state index < -0.39 is 18.0 Å². The van der Waals surface area contributed by atoms with E-state index in [0.29, 0.717) is 23.5 Å². The highest BCUT2D eigenvalue weighted by atomic mass is 19.1. The third-order valence-electron chi connectivity index (χ3n) is 5.86. The number of hydrogen-bond donors (Lipinski definition) is 1. The number of para-hydroxylation sites is 2. The summed E-state index contributed by atoms with van der Waals surface area (Å²) in [6.45, 7) is 1.32. The standard InChI is InChI=1S/C24H21FN4O4/c1-14(23(31)28-13-21(30)26-18-6-2-3-7-20(18)28)33-24(32)22-17-5-4-8-19(17)29(27-22)16-11-9-15(25)10-12-16/h2-3,6-7,9-12,14H,4-5,8,13H2,1H3,(H,26,30). The van der Waals surface area contributed by atoms with Crippen molar-refractivity contribution in [2.75, 3.05) is 16.8 Å². The van der Waals surface area contributed by atoms with Crippen LogP contribution in [0.5, 0.6) is 0 Å². The first-order chi connectivity index (χ1) is 15.9. The maximum Gasteiger partial charge on any atom is 0.359 e. The Hall–Kier alpha value is -4.01. The maximum absolute atomic E-state index is 13.3. The molecule has 2 aromatic carbocycles. The number of anilines is 2. The molecule has 0 saturated heterocycles. The Morgan fingerprint density at radius 1 is 1.12 bits per heavy atom. The van der Waals surface area contributed by atoms with Crippen LogP contribution in [-0.2, 0) is 27.2 Å². The van der Waals surface area contributed by atoms with Crippen LogP contribution in [0.1, 0.15) is 35.1 Å². The quantitative estimate of drug-likeness (QED) is 0.620. The molecule has 168 valence electrons. The Labute approximate surface area is 188 Å². The van der Waals surface area contributed by atoms with E-state index in [0.717, 1.165) is 24.1 Å². The summed E-state index contributed by atoms with van der Waals surface area (Å²) in [6, 6.07) is 12.8. The molecule has 1 aliphatic heterocycles. The van der Waals surface area contributed by atoms with Gasteiger partial charge < -0.3 is 10.1 Å². The van der Waals surface area contributed by atoms with Crippen LogP contribution in [0.25, 0.3) is 5.69 Å². The average Bonchev–Trinajstić information content (AvgIpc) is 3.41. The molecule has 1 N–H and O–H groups in total. The van der Waals surface area contributed by atoms with Gasteiger partial charge in [0.15, 0.2) is 11.8 Å². The van der Waals surface area contributed by atoms with E-state index in [1.807, 2.05) is 0 Å². The van der Waals surface area contributed by atoms with Gasteiger partial charge in [-0.15, -0.1) is 0 Å². The van der Waals surface area contributed by atoms with Crippen molar-refractivity contribution in [1.82, 2.24) is 9.78 Å². The monoisotopic (exact) mass is 448 g/mol. The fourth-order valence-electron chi connectivity index (χ4n) is 4.31. The van der Waals surface area contributed by atoms with Crippen molar-refractivity contribution in [2.24, 2.45) is 0 Å². The van der Waals surface area contributed by atoms with Crippen molar-refractivity contribution in [2.45, 2.75) is 32.3 Å². The lowest BCUT2D eigenvalue weighted by Gasteiger charge is -2.30. The Morgan fingerprint density at radius 2 is 1.88 bits per heavy atom. The van der Waals surface area contributed by atoms with Gasteiger partial charge >= 0.3 is 5.97 Å². The van der Waals surface area contributed by atoms with Gasteiger partial charge in [0.2, 0.25) is 5.91 Å². The van der Waals surface area contributed by atoms with Gasteiger partial charge in [0, 0.05) is 11.3 Å². The molecule has 0 fully saturated rings. The van der Waals surface area contributed by atoms with Gasteiger partial charge in [-0.1, -0.05) is 12.1 Å². The largest absolute Gasteiger partial charge is 0.448 e. The van der Waals surface area contributed by atoms with Crippen molar-refractivity contribution in [3.05, 3.63) is 71.3 Å². The van der Waals surface area contributed by atoms with E-state index in [1.165, 1.54) is 24.0 Å². The van der Waals surface area contributed by atoms with E-state index in [4.69, 9.17) is 4.74 Å². The molecule has 5 rings (SSSR count). The molecular formula is C24H21FN4O4. The minimum Gasteiger partial charge on any atom is -0.448 e. The molecule has 2 heterocycles. The summed E-state index contributed by atoms with van der Waals surface area (Å²) >= 11 is 0. The van der Waals surface area contributed by atoms with E-state index in [9.17, 15) is 18.8 Å². The Balaban J connectivity index is 1.38. The van der Waals surface area contributed by atoms with Crippen LogP contribution >= 0.6 is 0 Å². The van der Waals surface area contributed by atoms with Crippen LogP contribution in [0.3, 0.4) is 0 Å². The summed E-state index contributed by atoms with van der Waals surface area (Å²) in [5, 5.41) is 7.16. The maximum atomic E-state index is 13.3. The van der Waals surface area contributed by atoms with E-state index in [1.54, 1.807) is 41.1 Å². The molecule has 33 heavy (non-hydrogen) atoms. The second-order valence-corrected chi connectivity index (χ2v) is 8.05. The number of rotatable bonds is 4. The van der Waals surface area contributed by atoms with Crippen molar-refractivity contribution in [3.63, 3.8) is 0 Å². The van der Waals surface area contributed by atoms with Gasteiger partial charge in [-0.3, -0.25) is 14.5 Å². The number of hydrogen-bond acceptors (Lipinski definition) is 5. The Bertz CT molecular complexity index is 1270. The molecule has 0 spiro atoms. The molecule has 0 radical (unpaired) electrons. The number of halogens is 1. The van der Waals surface area contributed by atoms with Crippen LogP contribution in [0.2, 0.25) is 0 Å². The van der Waals surface area contributed by atoms with Crippen LogP contribution in [0, 0.1) is 5.82 Å². The number of nitrogens with zero attached hydrogens (tertiary/aromatic N) is 3. The third-order valence-corrected chi connectivity index (χ3v) is 5.86. The topological polar surface area (TPSA) is 93.5 Å². The molecule has 1 atom stereocenters. The fourth-order valence-corrected chi connectivity index (χ4v) is 4.31. The molecule has 2 amide bonds. The first-order valence-electron chi connectivity index (χ1n) is 10.7. The van der Waals surface area contributed by atoms with Crippen LogP contribution in [0.15, 0.2) is 48.5 Å². The van der Waals surface area contributed by atoms with Crippen LogP contribution in [0.4, 0.5) is 15.8 Å². The summed E-state index contributed by atoms with van der Waals surface area (Å²) in [5.74, 6) is -1.89. The van der Waals surface area contributed by atoms with Gasteiger partial charge in [0.1, 0.15) is 12.4 Å². The number of benzene rings is 2. The molecule has 1 unspecified atom stereocenters. The number of esters is 1. The van der Waals surface area contributed by atoms with Crippen molar-refractivity contribution in [1.29, 1.82) is 0 Å². The lowest BCUT2D eigenvalue weighted by atomic mass is 10.1. The fraction of sp³-hybridized carbons (Fsp3) is 0.250. The average molecular weight is 448 g/mol. The zero-order chi connectivity index (χ0) is 23.1. The number of carbonyl (C=O) groups is 3. The first-order valence-corrected chi connectivity index (χ1v) is 10.7. The number of aromatic nitrogens is 2. The Morgan fingerprint density at radius 3 is 2.67 bits per heavy atom. The molecule has 8 nitrogen and oxygen atoms in total. The van der Waals surface area contributed by atoms with Crippen molar-refractivity contribution < 1.29 is 23.5 Å². The summed E-state index contributed by atoms with van der Waals surface area (Å²) in [7, 11) is 0. The van der Waals surface area contributed by atoms with Gasteiger partial charge in [-0.25, -0.2) is 13.9 Å². The van der Waals surface area contributed by atoms with Crippen LogP contribution in [-0.4, -0.2) is 40.2 Å². The summed E-state index contributed by atoms with van der Waals surface area (Å²) in [5.41, 5.74) is 3.54. The highest BCUT2D eigenvalue weighted by molar-refractivity contribution is 6.11. The van der Waals surface area contributed by atoms with Gasteiger partial charge in [0.05, 0.1) is 17.1 Å². The highest BCUT2D eigenvalue weighted by Crippen LogP contribution is 2.31. The number of fused-ring (bicyclic) bond motifs is 2. The SMILES string of the molecule is CC(OC(=O)c1nn(-c2ccc(F)cc2)c2c1CCC2)C(=O)N1CC(=O)Nc2ccccc21. The molecule has 1 aromatic heterocycles. The van der Waals surface area contributed by atoms with Gasteiger partial charge in [-0.2, -0.15) is 5.10 Å². The second-order valence-electron chi connectivity index (χ2n) is 8.05. The van der Waals surface area contributed by atoms with Crippen LogP contribution < -0.4 is 10.2 Å². The number of nitrogens with one attached hydrogen (secondary N) is 1. The predicted octanol–water partition coefficient (Wildman–Crippen LogP) is 3.03. The van der Waals surface area contributed by atoms with Crippen molar-refractivity contribution in [3.8, 4) is 5.69 Å². The molecule has 0 saturated carbocycles. The lowest BCUT2D eigenvalue weighted by Crippen LogP contribution is -2.47. The van der Waals surface area contributed by atoms with Gasteiger partial charge in [-0.05, 0) is 62.6 Å². The summed E-state index contributed by atoms with van der Waals surface area (Å²) in [6.07, 6.45) is 1.15. The van der Waals surface area contributed by atoms with Gasteiger partial charge in [0.25, 0.3) is 5.91 Å². The van der Waals surface area contributed by atoms with Crippen molar-refractivity contribution >= 4 is 29.2 Å². The molecule has 2 aliphatic rings. The second kappa shape index (κ2) is 8.16. The predicted molar refractivity (Wildman–Crippen MR) is 118 cm³/mol. The first kappa shape index (κ1) is 20.9. The number of amides is 2. The minimum atomic E-state index is -1.12. The molecule has 9 heteroatoms. The number of carbonyl (C=O) groups excluding carboxylic acids is 3. The lowest BCUT2D eigenvalue weighted by molar-refractivity contribution is -0.128. The molecule has 1 aliphatic carbocycles. The zero-order valence-electron chi connectivity index (χ0n) is 17.9. The normalized spacial score (nSPS) is 15.5. The molecular weight excluding hydrogens is 427 g/mol. The molecule has 3 aromatic rings. The summed E-state index contributed by atoms with van der Waals surface area (Å²) < 4.78 is 20.5. The zero-order valence-corrected chi connectivity index (χ0v) is 17.9. The number of ether oxygens (including phenoxy) is 1. The van der Waals surface area contributed by atoms with E-state index in [-0.39, 0.29) is 24.0 Å². The minimum absolute atomic E-state index is 0.156. The smallest absolute Gasteiger partial charge is 0.359 e. The third kappa shape index (κ3) is 3.75. The summed E-state index contributed by atoms with van der Waals surface area (Å²) in [4.78, 5) is 39.4. The Kier molecular flexibility index (Phi) is 5.16.